The Balaban J connectivity index is 1.80. The van der Waals surface area contributed by atoms with Gasteiger partial charge in [-0.05, 0) is 18.1 Å². The number of carbonyl (C=O) groups excluding carboxylic acids is 1. The van der Waals surface area contributed by atoms with Gasteiger partial charge >= 0.3 is 0 Å². The summed E-state index contributed by atoms with van der Waals surface area (Å²) in [5, 5.41) is 18.9. The number of rotatable bonds is 5. The Labute approximate surface area is 167 Å². The topological polar surface area (TPSA) is 72.2 Å². The first kappa shape index (κ1) is 18.4. The number of hydrogen-bond donors (Lipinski definition) is 1. The highest BCUT2D eigenvalue weighted by Gasteiger charge is 2.16. The van der Waals surface area contributed by atoms with E-state index in [1.165, 1.54) is 0 Å². The van der Waals surface area contributed by atoms with Crippen LogP contribution in [-0.2, 0) is 11.3 Å². The van der Waals surface area contributed by atoms with Gasteiger partial charge in [0.2, 0.25) is 5.91 Å². The Hall–Kier alpha value is -2.99. The number of carbonyl (C=O) groups is 1. The van der Waals surface area contributed by atoms with Crippen LogP contribution in [0.5, 0.6) is 0 Å². The second kappa shape index (κ2) is 7.56. The Morgan fingerprint density at radius 2 is 1.79 bits per heavy atom. The van der Waals surface area contributed by atoms with Gasteiger partial charge in [-0.2, -0.15) is 9.61 Å². The number of fused-ring (bicyclic) bond motifs is 3. The van der Waals surface area contributed by atoms with Crippen LogP contribution in [0.25, 0.3) is 27.7 Å². The Kier molecular flexibility index (Phi) is 4.96. The average molecular weight is 394 g/mol. The Morgan fingerprint density at radius 3 is 2.50 bits per heavy atom. The van der Waals surface area contributed by atoms with E-state index in [0.29, 0.717) is 28.8 Å². The van der Waals surface area contributed by atoms with E-state index in [1.807, 2.05) is 62.4 Å². The smallest absolute Gasteiger partial charge is 0.220 e. The van der Waals surface area contributed by atoms with Gasteiger partial charge in [-0.1, -0.05) is 61.8 Å². The number of halogens is 1. The molecule has 0 fully saturated rings. The monoisotopic (exact) mass is 393 g/mol. The van der Waals surface area contributed by atoms with Crippen LogP contribution in [0, 0.1) is 5.92 Å². The van der Waals surface area contributed by atoms with Crippen molar-refractivity contribution in [2.24, 2.45) is 5.92 Å². The molecule has 2 heterocycles. The second-order valence-electron chi connectivity index (χ2n) is 7.13. The Morgan fingerprint density at radius 1 is 1.07 bits per heavy atom. The number of amides is 1. The lowest BCUT2D eigenvalue weighted by atomic mass is 10.1. The first-order valence-electron chi connectivity index (χ1n) is 9.18. The average Bonchev–Trinajstić information content (AvgIpc) is 3.09. The quantitative estimate of drug-likeness (QED) is 0.549. The van der Waals surface area contributed by atoms with E-state index in [2.05, 4.69) is 15.5 Å². The molecule has 0 aliphatic rings. The first-order valence-corrected chi connectivity index (χ1v) is 9.56. The fraction of sp³-hybridized carbons (Fsp3) is 0.238. The molecule has 0 bridgehead atoms. The SMILES string of the molecule is CC(C)CC(=O)NCc1nnc2c3ccccc3c(-c3ccc(Cl)cc3)nn12. The van der Waals surface area contributed by atoms with Crippen molar-refractivity contribution in [2.75, 3.05) is 0 Å². The van der Waals surface area contributed by atoms with Crippen molar-refractivity contribution < 1.29 is 4.79 Å². The maximum Gasteiger partial charge on any atom is 0.220 e. The fourth-order valence-corrected chi connectivity index (χ4v) is 3.30. The van der Waals surface area contributed by atoms with E-state index in [0.717, 1.165) is 22.0 Å². The molecule has 0 saturated carbocycles. The summed E-state index contributed by atoms with van der Waals surface area (Å²) in [5.74, 6) is 0.882. The van der Waals surface area contributed by atoms with Crippen LogP contribution in [0.2, 0.25) is 5.02 Å². The van der Waals surface area contributed by atoms with Crippen molar-refractivity contribution in [3.8, 4) is 11.3 Å². The highest BCUT2D eigenvalue weighted by molar-refractivity contribution is 6.30. The largest absolute Gasteiger partial charge is 0.349 e. The molecule has 142 valence electrons. The minimum absolute atomic E-state index is 0.00883. The maximum absolute atomic E-state index is 12.0. The third-order valence-corrected chi connectivity index (χ3v) is 4.74. The van der Waals surface area contributed by atoms with Gasteiger partial charge < -0.3 is 5.32 Å². The van der Waals surface area contributed by atoms with Crippen LogP contribution >= 0.6 is 11.6 Å². The molecular formula is C21H20ClN5O. The highest BCUT2D eigenvalue weighted by Crippen LogP contribution is 2.29. The summed E-state index contributed by atoms with van der Waals surface area (Å²) in [7, 11) is 0. The van der Waals surface area contributed by atoms with Crippen molar-refractivity contribution in [1.82, 2.24) is 25.1 Å². The predicted molar refractivity (Wildman–Crippen MR) is 110 cm³/mol. The lowest BCUT2D eigenvalue weighted by molar-refractivity contribution is -0.122. The number of nitrogens with zero attached hydrogens (tertiary/aromatic N) is 4. The highest BCUT2D eigenvalue weighted by atomic mass is 35.5. The molecule has 0 saturated heterocycles. The van der Waals surface area contributed by atoms with Crippen LogP contribution in [0.3, 0.4) is 0 Å². The molecule has 0 aliphatic heterocycles. The van der Waals surface area contributed by atoms with E-state index < -0.39 is 0 Å². The molecule has 0 spiro atoms. The molecule has 28 heavy (non-hydrogen) atoms. The molecular weight excluding hydrogens is 374 g/mol. The van der Waals surface area contributed by atoms with Crippen molar-refractivity contribution in [2.45, 2.75) is 26.8 Å². The molecule has 0 atom stereocenters. The normalized spacial score (nSPS) is 11.4. The molecule has 2 aromatic heterocycles. The van der Waals surface area contributed by atoms with Gasteiger partial charge in [0.15, 0.2) is 11.5 Å². The van der Waals surface area contributed by atoms with Crippen LogP contribution in [0.15, 0.2) is 48.5 Å². The first-order chi connectivity index (χ1) is 13.5. The Bertz CT molecular complexity index is 1150. The van der Waals surface area contributed by atoms with Gasteiger partial charge in [0.05, 0.1) is 12.2 Å². The molecule has 0 unspecified atom stereocenters. The van der Waals surface area contributed by atoms with Gasteiger partial charge in [0, 0.05) is 27.8 Å². The van der Waals surface area contributed by atoms with Crippen molar-refractivity contribution in [1.29, 1.82) is 0 Å². The molecule has 7 heteroatoms. The van der Waals surface area contributed by atoms with Gasteiger partial charge in [0.25, 0.3) is 0 Å². The number of nitrogens with one attached hydrogen (secondary N) is 1. The van der Waals surface area contributed by atoms with Crippen molar-refractivity contribution >= 4 is 33.9 Å². The van der Waals surface area contributed by atoms with Crippen molar-refractivity contribution in [3.63, 3.8) is 0 Å². The van der Waals surface area contributed by atoms with Gasteiger partial charge in [-0.3, -0.25) is 4.79 Å². The maximum atomic E-state index is 12.0. The van der Waals surface area contributed by atoms with E-state index in [1.54, 1.807) is 4.52 Å². The summed E-state index contributed by atoms with van der Waals surface area (Å²) in [6, 6.07) is 15.5. The van der Waals surface area contributed by atoms with Crippen LogP contribution in [0.1, 0.15) is 26.1 Å². The zero-order valence-electron chi connectivity index (χ0n) is 15.7. The fourth-order valence-electron chi connectivity index (χ4n) is 3.18. The molecule has 1 amide bonds. The summed E-state index contributed by atoms with van der Waals surface area (Å²) in [6.45, 7) is 4.30. The molecule has 1 N–H and O–H groups in total. The summed E-state index contributed by atoms with van der Waals surface area (Å²) in [6.07, 6.45) is 0.475. The third-order valence-electron chi connectivity index (χ3n) is 4.48. The van der Waals surface area contributed by atoms with E-state index in [-0.39, 0.29) is 12.5 Å². The van der Waals surface area contributed by atoms with Crippen molar-refractivity contribution in [3.05, 3.63) is 59.4 Å². The van der Waals surface area contributed by atoms with Gasteiger partial charge in [-0.25, -0.2) is 0 Å². The third kappa shape index (κ3) is 3.55. The van der Waals surface area contributed by atoms with E-state index >= 15 is 0 Å². The predicted octanol–water partition coefficient (Wildman–Crippen LogP) is 4.26. The number of hydrogen-bond acceptors (Lipinski definition) is 4. The molecule has 6 nitrogen and oxygen atoms in total. The summed E-state index contributed by atoms with van der Waals surface area (Å²) < 4.78 is 1.71. The zero-order chi connectivity index (χ0) is 19.7. The van der Waals surface area contributed by atoms with Crippen LogP contribution in [-0.4, -0.2) is 25.7 Å². The minimum Gasteiger partial charge on any atom is -0.349 e. The molecule has 0 radical (unpaired) electrons. The summed E-state index contributed by atoms with van der Waals surface area (Å²) >= 11 is 6.04. The molecule has 4 aromatic rings. The van der Waals surface area contributed by atoms with Gasteiger partial charge in [0.1, 0.15) is 0 Å². The van der Waals surface area contributed by atoms with Crippen LogP contribution in [0.4, 0.5) is 0 Å². The van der Waals surface area contributed by atoms with Crippen LogP contribution < -0.4 is 5.32 Å². The number of benzene rings is 2. The van der Waals surface area contributed by atoms with E-state index in [9.17, 15) is 4.79 Å². The minimum atomic E-state index is -0.00883. The number of aromatic nitrogens is 4. The lowest BCUT2D eigenvalue weighted by Crippen LogP contribution is -2.25. The lowest BCUT2D eigenvalue weighted by Gasteiger charge is -2.09. The van der Waals surface area contributed by atoms with Gasteiger partial charge in [-0.15, -0.1) is 10.2 Å². The summed E-state index contributed by atoms with van der Waals surface area (Å²) in [4.78, 5) is 12.0. The zero-order valence-corrected chi connectivity index (χ0v) is 16.4. The summed E-state index contributed by atoms with van der Waals surface area (Å²) in [5.41, 5.74) is 2.43. The second-order valence-corrected chi connectivity index (χ2v) is 7.56. The van der Waals surface area contributed by atoms with E-state index in [4.69, 9.17) is 16.7 Å². The molecule has 4 rings (SSSR count). The molecule has 2 aromatic carbocycles. The molecule has 0 aliphatic carbocycles. The standard InChI is InChI=1S/C21H20ClN5O/c1-13(2)11-19(28)23-12-18-24-25-21-17-6-4-3-5-16(17)20(26-27(18)21)14-7-9-15(22)10-8-14/h3-10,13H,11-12H2,1-2H3,(H,23,28).